The van der Waals surface area contributed by atoms with E-state index in [2.05, 4.69) is 20.2 Å². The van der Waals surface area contributed by atoms with Crippen LogP contribution in [0.3, 0.4) is 0 Å². The van der Waals surface area contributed by atoms with E-state index in [4.69, 9.17) is 5.41 Å². The number of hydrogen-bond acceptors (Lipinski definition) is 5. The Kier molecular flexibility index (Phi) is 4.03. The zero-order valence-corrected chi connectivity index (χ0v) is 9.41. The molecule has 82 valence electrons. The quantitative estimate of drug-likeness (QED) is 0.682. The predicted molar refractivity (Wildman–Crippen MR) is 63.0 cm³/mol. The molecule has 1 aliphatic rings. The highest BCUT2D eigenvalue weighted by molar-refractivity contribution is 5.88. The minimum absolute atomic E-state index is 0.650. The normalized spacial score (nSPS) is 13.1. The van der Waals surface area contributed by atoms with Crippen molar-refractivity contribution in [3.8, 4) is 0 Å². The Balaban J connectivity index is 0.000000531. The van der Waals surface area contributed by atoms with Gasteiger partial charge in [0.05, 0.1) is 0 Å². The molecule has 15 heavy (non-hydrogen) atoms. The van der Waals surface area contributed by atoms with Gasteiger partial charge in [0.2, 0.25) is 0 Å². The van der Waals surface area contributed by atoms with E-state index in [9.17, 15) is 0 Å². The molecule has 0 aromatic carbocycles. The van der Waals surface area contributed by atoms with Gasteiger partial charge >= 0.3 is 0 Å². The summed E-state index contributed by atoms with van der Waals surface area (Å²) in [6.07, 6.45) is 2.73. The van der Waals surface area contributed by atoms with Crippen LogP contribution < -0.4 is 10.2 Å². The van der Waals surface area contributed by atoms with Gasteiger partial charge in [-0.25, -0.2) is 9.97 Å². The molecule has 1 aromatic rings. The molecular weight excluding hydrogens is 190 g/mol. The van der Waals surface area contributed by atoms with Crippen molar-refractivity contribution in [1.82, 2.24) is 9.97 Å². The number of fused-ring (bicyclic) bond motifs is 1. The summed E-state index contributed by atoms with van der Waals surface area (Å²) < 4.78 is 0. The third kappa shape index (κ3) is 2.23. The number of hydrogen-bond donors (Lipinski definition) is 2. The van der Waals surface area contributed by atoms with E-state index in [0.717, 1.165) is 24.6 Å². The smallest absolute Gasteiger partial charge is 0.155 e. The predicted octanol–water partition coefficient (Wildman–Crippen LogP) is 1.36. The lowest BCUT2D eigenvalue weighted by Crippen LogP contribution is -2.32. The maximum Gasteiger partial charge on any atom is 0.155 e. The zero-order chi connectivity index (χ0) is 11.3. The summed E-state index contributed by atoms with van der Waals surface area (Å²) in [5, 5.41) is 10.4. The molecule has 1 aliphatic heterocycles. The first kappa shape index (κ1) is 11.4. The molecule has 2 rings (SSSR count). The summed E-state index contributed by atoms with van der Waals surface area (Å²) >= 11 is 0. The minimum atomic E-state index is 0.650. The van der Waals surface area contributed by atoms with Crippen LogP contribution in [0.5, 0.6) is 0 Å². The van der Waals surface area contributed by atoms with E-state index >= 15 is 0 Å². The number of rotatable bonds is 1. The van der Waals surface area contributed by atoms with Gasteiger partial charge in [-0.3, -0.25) is 0 Å². The molecule has 1 aromatic heterocycles. The Morgan fingerprint density at radius 2 is 2.20 bits per heavy atom. The molecule has 0 radical (unpaired) electrons. The van der Waals surface area contributed by atoms with E-state index in [1.165, 1.54) is 12.5 Å². The molecule has 0 amide bonds. The first-order valence-electron chi connectivity index (χ1n) is 5.13. The van der Waals surface area contributed by atoms with Crippen LogP contribution in [0.25, 0.3) is 0 Å². The summed E-state index contributed by atoms with van der Waals surface area (Å²) in [5.74, 6) is 0.875. The zero-order valence-electron chi connectivity index (χ0n) is 9.41. The maximum absolute atomic E-state index is 7.18. The van der Waals surface area contributed by atoms with Crippen LogP contribution in [0.4, 0.5) is 11.5 Å². The van der Waals surface area contributed by atoms with Gasteiger partial charge in [0, 0.05) is 26.4 Å². The first-order chi connectivity index (χ1) is 7.33. The van der Waals surface area contributed by atoms with Gasteiger partial charge in [-0.2, -0.15) is 0 Å². The molecular formula is C10H17N5. The fourth-order valence-corrected chi connectivity index (χ4v) is 1.41. The molecule has 0 saturated heterocycles. The molecule has 2 N–H and O–H groups in total. The highest BCUT2D eigenvalue weighted by atomic mass is 15.2. The molecule has 5 nitrogen and oxygen atoms in total. The van der Waals surface area contributed by atoms with Crippen LogP contribution in [0.15, 0.2) is 6.33 Å². The molecule has 0 spiro atoms. The molecule has 0 fully saturated rings. The minimum Gasteiger partial charge on any atom is -0.378 e. The number of nitrogens with one attached hydrogen (secondary N) is 2. The Bertz CT molecular complexity index is 337. The van der Waals surface area contributed by atoms with E-state index in [0.29, 0.717) is 5.69 Å². The summed E-state index contributed by atoms with van der Waals surface area (Å²) in [6.45, 7) is 5.80. The maximum atomic E-state index is 7.18. The van der Waals surface area contributed by atoms with E-state index in [1.807, 2.05) is 20.9 Å². The molecule has 0 unspecified atom stereocenters. The Morgan fingerprint density at radius 1 is 1.47 bits per heavy atom. The van der Waals surface area contributed by atoms with Gasteiger partial charge in [0.15, 0.2) is 5.82 Å². The monoisotopic (exact) mass is 207 g/mol. The summed E-state index contributed by atoms with van der Waals surface area (Å²) in [7, 11) is 1.99. The average molecular weight is 207 g/mol. The second kappa shape index (κ2) is 5.29. The fraction of sp³-hybridized carbons (Fsp3) is 0.500. The van der Waals surface area contributed by atoms with Gasteiger partial charge in [-0.1, -0.05) is 13.8 Å². The van der Waals surface area contributed by atoms with Crippen LogP contribution in [0.1, 0.15) is 19.5 Å². The van der Waals surface area contributed by atoms with Crippen LogP contribution in [0, 0.1) is 5.41 Å². The first-order valence-corrected chi connectivity index (χ1v) is 5.13. The van der Waals surface area contributed by atoms with Crippen LogP contribution in [-0.4, -0.2) is 36.3 Å². The second-order valence-corrected chi connectivity index (χ2v) is 2.95. The topological polar surface area (TPSA) is 64.9 Å². The van der Waals surface area contributed by atoms with Gasteiger partial charge < -0.3 is 15.6 Å². The lowest BCUT2D eigenvalue weighted by atomic mass is 10.2. The molecule has 2 heterocycles. The highest BCUT2D eigenvalue weighted by Crippen LogP contribution is 2.26. The second-order valence-electron chi connectivity index (χ2n) is 2.95. The van der Waals surface area contributed by atoms with Crippen molar-refractivity contribution in [2.24, 2.45) is 0 Å². The van der Waals surface area contributed by atoms with Gasteiger partial charge in [0.1, 0.15) is 17.7 Å². The molecule has 0 aliphatic carbocycles. The van der Waals surface area contributed by atoms with E-state index in [-0.39, 0.29) is 0 Å². The van der Waals surface area contributed by atoms with Crippen molar-refractivity contribution in [3.63, 3.8) is 0 Å². The Labute approximate surface area is 90.1 Å². The largest absolute Gasteiger partial charge is 0.378 e. The van der Waals surface area contributed by atoms with Crippen molar-refractivity contribution in [2.45, 2.75) is 13.8 Å². The number of nitrogens with zero attached hydrogens (tertiary/aromatic N) is 3. The van der Waals surface area contributed by atoms with Gasteiger partial charge in [-0.05, 0) is 0 Å². The summed E-state index contributed by atoms with van der Waals surface area (Å²) in [5.41, 5.74) is 1.52. The average Bonchev–Trinajstić information content (AvgIpc) is 2.32. The molecule has 5 heteroatoms. The van der Waals surface area contributed by atoms with Crippen molar-refractivity contribution >= 4 is 17.7 Å². The van der Waals surface area contributed by atoms with E-state index < -0.39 is 0 Å². The SMILES string of the molecule is CC.CN1CCNc2c(C=N)ncnc21. The van der Waals surface area contributed by atoms with Gasteiger partial charge in [-0.15, -0.1) is 0 Å². The van der Waals surface area contributed by atoms with Crippen molar-refractivity contribution in [2.75, 3.05) is 30.4 Å². The molecule has 0 saturated carbocycles. The molecule has 0 bridgehead atoms. The van der Waals surface area contributed by atoms with Crippen LogP contribution in [0.2, 0.25) is 0 Å². The van der Waals surface area contributed by atoms with Crippen molar-refractivity contribution < 1.29 is 0 Å². The van der Waals surface area contributed by atoms with Crippen molar-refractivity contribution in [3.05, 3.63) is 12.0 Å². The number of likely N-dealkylation sites (N-methyl/N-ethyl adjacent to an activating group) is 1. The van der Waals surface area contributed by atoms with E-state index in [1.54, 1.807) is 0 Å². The number of anilines is 2. The summed E-state index contributed by atoms with van der Waals surface area (Å²) in [4.78, 5) is 10.2. The van der Waals surface area contributed by atoms with Crippen molar-refractivity contribution in [1.29, 1.82) is 5.41 Å². The number of aromatic nitrogens is 2. The van der Waals surface area contributed by atoms with Crippen LogP contribution in [-0.2, 0) is 0 Å². The standard InChI is InChI=1S/C8H11N5.C2H6/c1-13-3-2-10-7-6(4-9)11-5-12-8(7)13;1-2/h4-5,9-10H,2-3H2,1H3;1-2H3. The lowest BCUT2D eigenvalue weighted by molar-refractivity contribution is 0.855. The lowest BCUT2D eigenvalue weighted by Gasteiger charge is -2.27. The van der Waals surface area contributed by atoms with Crippen LogP contribution >= 0.6 is 0 Å². The van der Waals surface area contributed by atoms with Gasteiger partial charge in [0.25, 0.3) is 0 Å². The highest BCUT2D eigenvalue weighted by Gasteiger charge is 2.17. The Hall–Kier alpha value is -1.65. The fourth-order valence-electron chi connectivity index (χ4n) is 1.41. The third-order valence-corrected chi connectivity index (χ3v) is 2.10. The Morgan fingerprint density at radius 3 is 2.87 bits per heavy atom. The molecule has 0 atom stereocenters. The third-order valence-electron chi connectivity index (χ3n) is 2.10. The summed E-state index contributed by atoms with van der Waals surface area (Å²) in [6, 6.07) is 0.